The van der Waals surface area contributed by atoms with Crippen LogP contribution < -0.4 is 0 Å². The van der Waals surface area contributed by atoms with E-state index in [9.17, 15) is 5.11 Å². The van der Waals surface area contributed by atoms with E-state index in [1.54, 1.807) is 0 Å². The van der Waals surface area contributed by atoms with Crippen LogP contribution in [0, 0.1) is 5.41 Å². The molecule has 0 radical (unpaired) electrons. The van der Waals surface area contributed by atoms with Crippen molar-refractivity contribution in [3.8, 4) is 0 Å². The van der Waals surface area contributed by atoms with Crippen molar-refractivity contribution in [3.05, 3.63) is 58.9 Å². The van der Waals surface area contributed by atoms with Gasteiger partial charge in [0.1, 0.15) is 0 Å². The molecule has 0 aliphatic heterocycles. The molecule has 0 saturated heterocycles. The first kappa shape index (κ1) is 13.1. The second-order valence-electron chi connectivity index (χ2n) is 7.52. The Hall–Kier alpha value is -1.54. The number of aliphatic hydroxyl groups is 1. The quantitative estimate of drug-likeness (QED) is 0.844. The number of aliphatic hydroxyl groups excluding tert-OH is 1. The summed E-state index contributed by atoms with van der Waals surface area (Å²) >= 11 is 0. The lowest BCUT2D eigenvalue weighted by molar-refractivity contribution is 0.0975. The summed E-state index contributed by atoms with van der Waals surface area (Å²) < 4.78 is 2.44. The lowest BCUT2D eigenvalue weighted by atomic mass is 9.75. The highest BCUT2D eigenvalue weighted by Gasteiger charge is 2.35. The number of aromatic nitrogens is 1. The van der Waals surface area contributed by atoms with E-state index in [0.29, 0.717) is 6.04 Å². The second kappa shape index (κ2) is 4.48. The molecule has 0 fully saturated rings. The van der Waals surface area contributed by atoms with Crippen molar-refractivity contribution in [1.82, 2.24) is 4.57 Å². The topological polar surface area (TPSA) is 25.2 Å². The first-order valence-corrected chi connectivity index (χ1v) is 7.98. The van der Waals surface area contributed by atoms with E-state index in [2.05, 4.69) is 54.9 Å². The van der Waals surface area contributed by atoms with Crippen LogP contribution in [0.2, 0.25) is 0 Å². The average Bonchev–Trinajstić information content (AvgIpc) is 2.99. The molecule has 2 aromatic rings. The molecule has 0 saturated carbocycles. The molecule has 1 N–H and O–H groups in total. The van der Waals surface area contributed by atoms with Gasteiger partial charge in [0.2, 0.25) is 0 Å². The van der Waals surface area contributed by atoms with Gasteiger partial charge in [-0.25, -0.2) is 0 Å². The van der Waals surface area contributed by atoms with Crippen LogP contribution >= 0.6 is 0 Å². The highest BCUT2D eigenvalue weighted by atomic mass is 16.3. The third-order valence-electron chi connectivity index (χ3n) is 5.23. The van der Waals surface area contributed by atoms with Crippen LogP contribution in [0.25, 0.3) is 0 Å². The molecule has 2 heteroatoms. The van der Waals surface area contributed by atoms with Crippen molar-refractivity contribution < 1.29 is 5.11 Å². The van der Waals surface area contributed by atoms with E-state index in [4.69, 9.17) is 0 Å². The molecule has 4 rings (SSSR count). The van der Waals surface area contributed by atoms with Gasteiger partial charge in [-0.2, -0.15) is 0 Å². The van der Waals surface area contributed by atoms with Gasteiger partial charge in [-0.05, 0) is 48.3 Å². The third-order valence-corrected chi connectivity index (χ3v) is 5.23. The van der Waals surface area contributed by atoms with Crippen LogP contribution in [-0.4, -0.2) is 9.67 Å². The van der Waals surface area contributed by atoms with E-state index in [-0.39, 0.29) is 11.5 Å². The Morgan fingerprint density at radius 1 is 1.10 bits per heavy atom. The second-order valence-corrected chi connectivity index (χ2v) is 7.52. The van der Waals surface area contributed by atoms with Gasteiger partial charge in [0, 0.05) is 23.5 Å². The molecule has 1 atom stereocenters. The molecule has 1 aromatic carbocycles. The average molecular weight is 281 g/mol. The summed E-state index contributed by atoms with van der Waals surface area (Å²) in [5.41, 5.74) is 5.68. The van der Waals surface area contributed by atoms with Gasteiger partial charge in [0.15, 0.2) is 0 Å². The van der Waals surface area contributed by atoms with Gasteiger partial charge in [-0.3, -0.25) is 0 Å². The van der Waals surface area contributed by atoms with Crippen molar-refractivity contribution in [2.45, 2.75) is 51.7 Å². The lowest BCUT2D eigenvalue weighted by Crippen LogP contribution is -2.27. The maximum atomic E-state index is 10.4. The molecule has 21 heavy (non-hydrogen) atoms. The maximum absolute atomic E-state index is 10.4. The Balaban J connectivity index is 1.70. The fraction of sp³-hybridized carbons (Fsp3) is 0.474. The first-order chi connectivity index (χ1) is 10.0. The first-order valence-electron chi connectivity index (χ1n) is 7.98. The Labute approximate surface area is 126 Å². The zero-order valence-electron chi connectivity index (χ0n) is 12.8. The normalized spacial score (nSPS) is 23.9. The van der Waals surface area contributed by atoms with Crippen molar-refractivity contribution in [1.29, 1.82) is 0 Å². The van der Waals surface area contributed by atoms with Crippen LogP contribution in [0.4, 0.5) is 0 Å². The Kier molecular flexibility index (Phi) is 2.80. The van der Waals surface area contributed by atoms with Crippen LogP contribution in [0.1, 0.15) is 54.8 Å². The van der Waals surface area contributed by atoms with Crippen molar-refractivity contribution in [3.63, 3.8) is 0 Å². The number of benzene rings is 1. The van der Waals surface area contributed by atoms with Gasteiger partial charge in [0.05, 0.1) is 6.10 Å². The Bertz CT molecular complexity index is 658. The number of fused-ring (bicyclic) bond motifs is 2. The molecule has 0 bridgehead atoms. The van der Waals surface area contributed by atoms with Gasteiger partial charge in [0.25, 0.3) is 0 Å². The standard InChI is InChI=1S/C19H23NO/c1-19(2)11-17-16(18(21)12-19)7-8-20(17)15-9-13-5-3-4-6-14(13)10-15/h3-8,15,18,21H,9-12H2,1-2H3. The summed E-state index contributed by atoms with van der Waals surface area (Å²) in [4.78, 5) is 0. The van der Waals surface area contributed by atoms with E-state index in [1.165, 1.54) is 16.8 Å². The Morgan fingerprint density at radius 2 is 1.76 bits per heavy atom. The number of hydrogen-bond donors (Lipinski definition) is 1. The van der Waals surface area contributed by atoms with Crippen molar-refractivity contribution >= 4 is 0 Å². The summed E-state index contributed by atoms with van der Waals surface area (Å²) in [6.07, 6.45) is 6.08. The zero-order chi connectivity index (χ0) is 14.6. The number of nitrogens with zero attached hydrogens (tertiary/aromatic N) is 1. The minimum Gasteiger partial charge on any atom is -0.388 e. The molecule has 2 aliphatic carbocycles. The highest BCUT2D eigenvalue weighted by molar-refractivity contribution is 5.35. The summed E-state index contributed by atoms with van der Waals surface area (Å²) in [5, 5.41) is 10.4. The molecule has 1 heterocycles. The molecular formula is C19H23NO. The molecular weight excluding hydrogens is 258 g/mol. The predicted molar refractivity (Wildman–Crippen MR) is 84.4 cm³/mol. The van der Waals surface area contributed by atoms with Gasteiger partial charge < -0.3 is 9.67 Å². The molecule has 0 amide bonds. The Morgan fingerprint density at radius 3 is 2.43 bits per heavy atom. The highest BCUT2D eigenvalue weighted by Crippen LogP contribution is 2.43. The smallest absolute Gasteiger partial charge is 0.0812 e. The summed E-state index contributed by atoms with van der Waals surface area (Å²) in [6.45, 7) is 4.53. The van der Waals surface area contributed by atoms with Crippen molar-refractivity contribution in [2.24, 2.45) is 5.41 Å². The number of hydrogen-bond acceptors (Lipinski definition) is 1. The minimum atomic E-state index is -0.297. The fourth-order valence-corrected chi connectivity index (χ4v) is 4.23. The van der Waals surface area contributed by atoms with Crippen molar-refractivity contribution in [2.75, 3.05) is 0 Å². The molecule has 1 unspecified atom stereocenters. The molecule has 2 nitrogen and oxygen atoms in total. The van der Waals surface area contributed by atoms with Gasteiger partial charge >= 0.3 is 0 Å². The lowest BCUT2D eigenvalue weighted by Gasteiger charge is -2.34. The van der Waals surface area contributed by atoms with Gasteiger partial charge in [-0.15, -0.1) is 0 Å². The minimum absolute atomic E-state index is 0.188. The summed E-state index contributed by atoms with van der Waals surface area (Å²) in [5.74, 6) is 0. The number of rotatable bonds is 1. The van der Waals surface area contributed by atoms with Crippen LogP contribution in [-0.2, 0) is 19.3 Å². The molecule has 2 aliphatic rings. The van der Waals surface area contributed by atoms with Crippen LogP contribution in [0.5, 0.6) is 0 Å². The van der Waals surface area contributed by atoms with Gasteiger partial charge in [-0.1, -0.05) is 38.1 Å². The van der Waals surface area contributed by atoms with E-state index in [1.807, 2.05) is 0 Å². The fourth-order valence-electron chi connectivity index (χ4n) is 4.23. The SMILES string of the molecule is CC1(C)Cc2c(ccn2C2Cc3ccccc3C2)C(O)C1. The summed E-state index contributed by atoms with van der Waals surface area (Å²) in [6, 6.07) is 11.4. The molecule has 1 aromatic heterocycles. The summed E-state index contributed by atoms with van der Waals surface area (Å²) in [7, 11) is 0. The zero-order valence-corrected chi connectivity index (χ0v) is 12.8. The van der Waals surface area contributed by atoms with E-state index < -0.39 is 0 Å². The third kappa shape index (κ3) is 2.13. The van der Waals surface area contributed by atoms with E-state index in [0.717, 1.165) is 31.2 Å². The maximum Gasteiger partial charge on any atom is 0.0812 e. The van der Waals surface area contributed by atoms with Crippen LogP contribution in [0.15, 0.2) is 36.5 Å². The van der Waals surface area contributed by atoms with Crippen LogP contribution in [0.3, 0.4) is 0 Å². The largest absolute Gasteiger partial charge is 0.388 e. The molecule has 0 spiro atoms. The van der Waals surface area contributed by atoms with E-state index >= 15 is 0 Å². The molecule has 110 valence electrons. The predicted octanol–water partition coefficient (Wildman–Crippen LogP) is 3.83. The monoisotopic (exact) mass is 281 g/mol.